The second-order valence-electron chi connectivity index (χ2n) is 5.81. The highest BCUT2D eigenvalue weighted by molar-refractivity contribution is 7.98. The number of thiazole rings is 1. The van der Waals surface area contributed by atoms with E-state index in [0.29, 0.717) is 11.4 Å². The summed E-state index contributed by atoms with van der Waals surface area (Å²) in [7, 11) is 0. The van der Waals surface area contributed by atoms with Crippen LogP contribution in [0.15, 0.2) is 47.5 Å². The van der Waals surface area contributed by atoms with Gasteiger partial charge in [0.2, 0.25) is 0 Å². The molecule has 0 aliphatic carbocycles. The van der Waals surface area contributed by atoms with Crippen molar-refractivity contribution >= 4 is 50.8 Å². The zero-order valence-electron chi connectivity index (χ0n) is 14.2. The van der Waals surface area contributed by atoms with Gasteiger partial charge in [-0.05, 0) is 36.9 Å². The Kier molecular flexibility index (Phi) is 5.99. The van der Waals surface area contributed by atoms with Crippen LogP contribution >= 0.6 is 34.7 Å². The van der Waals surface area contributed by atoms with Crippen LogP contribution in [-0.4, -0.2) is 22.5 Å². The molecule has 0 aliphatic rings. The minimum Gasteiger partial charge on any atom is -0.316 e. The van der Waals surface area contributed by atoms with Crippen LogP contribution < -0.4 is 4.80 Å². The number of benzene rings is 2. The number of fused-ring (bicyclic) bond motifs is 1. The second kappa shape index (κ2) is 8.21. The third-order valence-electron chi connectivity index (χ3n) is 3.86. The Morgan fingerprint density at radius 2 is 2.00 bits per heavy atom. The summed E-state index contributed by atoms with van der Waals surface area (Å²) in [6.07, 6.45) is 2.39. The van der Waals surface area contributed by atoms with E-state index in [0.717, 1.165) is 32.9 Å². The zero-order valence-corrected chi connectivity index (χ0v) is 16.5. The molecule has 3 aromatic rings. The number of carbonyl (C=O) groups is 1. The minimum atomic E-state index is -0.126. The van der Waals surface area contributed by atoms with Crippen molar-refractivity contribution < 1.29 is 4.79 Å². The number of thioether (sulfide) groups is 1. The fraction of sp³-hybridized carbons (Fsp3) is 0.263. The monoisotopic (exact) mass is 390 g/mol. The molecule has 2 aromatic carbocycles. The number of nitrogens with zero attached hydrogens (tertiary/aromatic N) is 2. The van der Waals surface area contributed by atoms with E-state index in [4.69, 9.17) is 11.6 Å². The zero-order chi connectivity index (χ0) is 17.8. The average Bonchev–Trinajstić information content (AvgIpc) is 2.91. The number of rotatable bonds is 5. The van der Waals surface area contributed by atoms with Gasteiger partial charge in [0, 0.05) is 17.3 Å². The highest BCUT2D eigenvalue weighted by atomic mass is 35.5. The molecular weight excluding hydrogens is 372 g/mol. The number of carbonyl (C=O) groups excluding carboxylic acids is 1. The minimum absolute atomic E-state index is 0.126. The Morgan fingerprint density at radius 3 is 2.72 bits per heavy atom. The Balaban J connectivity index is 1.96. The van der Waals surface area contributed by atoms with E-state index in [9.17, 15) is 4.79 Å². The Hall–Kier alpha value is -1.56. The Morgan fingerprint density at radius 1 is 1.24 bits per heavy atom. The summed E-state index contributed by atoms with van der Waals surface area (Å²) in [6, 6.07) is 13.8. The van der Waals surface area contributed by atoms with E-state index in [1.807, 2.05) is 49.4 Å². The van der Waals surface area contributed by atoms with Gasteiger partial charge in [0.05, 0.1) is 16.6 Å². The van der Waals surface area contributed by atoms with Gasteiger partial charge in [0.1, 0.15) is 0 Å². The summed E-state index contributed by atoms with van der Waals surface area (Å²) in [5.41, 5.74) is 3.24. The van der Waals surface area contributed by atoms with Crippen LogP contribution in [0.25, 0.3) is 10.2 Å². The van der Waals surface area contributed by atoms with Crippen LogP contribution in [0.5, 0.6) is 0 Å². The van der Waals surface area contributed by atoms with E-state index >= 15 is 0 Å². The van der Waals surface area contributed by atoms with Crippen molar-refractivity contribution in [3.63, 3.8) is 0 Å². The standard InChI is InChI=1S/C19H19ClN2OS2/c1-13-3-5-14(6-4-13)11-18(23)21-19-22(9-10-24-2)16-8-7-15(20)12-17(16)25-19/h3-8,12H,9-11H2,1-2H3. The van der Waals surface area contributed by atoms with E-state index in [1.165, 1.54) is 16.9 Å². The van der Waals surface area contributed by atoms with Crippen LogP contribution in [0.3, 0.4) is 0 Å². The third-order valence-corrected chi connectivity index (χ3v) is 5.73. The van der Waals surface area contributed by atoms with Crippen LogP contribution in [0, 0.1) is 6.92 Å². The van der Waals surface area contributed by atoms with Crippen molar-refractivity contribution in [1.82, 2.24) is 4.57 Å². The SMILES string of the molecule is CSCCn1c(=NC(=O)Cc2ccc(C)cc2)sc2cc(Cl)ccc21. The molecule has 0 saturated carbocycles. The van der Waals surface area contributed by atoms with Crippen molar-refractivity contribution in [2.75, 3.05) is 12.0 Å². The molecule has 0 radical (unpaired) electrons. The molecule has 0 spiro atoms. The molecule has 0 atom stereocenters. The number of aryl methyl sites for hydroxylation is 2. The topological polar surface area (TPSA) is 34.4 Å². The predicted molar refractivity (Wildman–Crippen MR) is 109 cm³/mol. The molecule has 0 saturated heterocycles. The molecule has 3 nitrogen and oxygen atoms in total. The lowest BCUT2D eigenvalue weighted by atomic mass is 10.1. The molecule has 1 amide bonds. The van der Waals surface area contributed by atoms with Gasteiger partial charge < -0.3 is 4.57 Å². The van der Waals surface area contributed by atoms with Crippen molar-refractivity contribution in [2.45, 2.75) is 19.9 Å². The number of aromatic nitrogens is 1. The van der Waals surface area contributed by atoms with E-state index in [-0.39, 0.29) is 5.91 Å². The molecule has 0 N–H and O–H groups in total. The Bertz CT molecular complexity index is 958. The van der Waals surface area contributed by atoms with Crippen LogP contribution in [-0.2, 0) is 17.8 Å². The van der Waals surface area contributed by atoms with Gasteiger partial charge in [-0.1, -0.05) is 52.8 Å². The maximum atomic E-state index is 12.4. The van der Waals surface area contributed by atoms with Gasteiger partial charge in [-0.3, -0.25) is 4.79 Å². The van der Waals surface area contributed by atoms with Crippen LogP contribution in [0.1, 0.15) is 11.1 Å². The largest absolute Gasteiger partial charge is 0.316 e. The summed E-state index contributed by atoms with van der Waals surface area (Å²) in [5.74, 6) is 0.841. The van der Waals surface area contributed by atoms with Crippen LogP contribution in [0.4, 0.5) is 0 Å². The molecule has 3 rings (SSSR count). The lowest BCUT2D eigenvalue weighted by Gasteiger charge is -2.04. The average molecular weight is 391 g/mol. The molecular formula is C19H19ClN2OS2. The summed E-state index contributed by atoms with van der Waals surface area (Å²) < 4.78 is 3.16. The molecule has 25 heavy (non-hydrogen) atoms. The van der Waals surface area contributed by atoms with Crippen molar-refractivity contribution in [2.24, 2.45) is 4.99 Å². The van der Waals surface area contributed by atoms with Gasteiger partial charge in [-0.2, -0.15) is 16.8 Å². The van der Waals surface area contributed by atoms with Crippen LogP contribution in [0.2, 0.25) is 5.02 Å². The molecule has 130 valence electrons. The number of hydrogen-bond acceptors (Lipinski definition) is 3. The van der Waals surface area contributed by atoms with E-state index < -0.39 is 0 Å². The molecule has 0 unspecified atom stereocenters. The fourth-order valence-corrected chi connectivity index (χ4v) is 4.27. The summed E-state index contributed by atoms with van der Waals surface area (Å²) >= 11 is 9.39. The molecule has 0 aliphatic heterocycles. The molecule has 1 aromatic heterocycles. The first-order chi connectivity index (χ1) is 12.1. The van der Waals surface area contributed by atoms with Gasteiger partial charge in [-0.25, -0.2) is 0 Å². The van der Waals surface area contributed by atoms with Gasteiger partial charge in [0.15, 0.2) is 4.80 Å². The molecule has 0 bridgehead atoms. The molecule has 6 heteroatoms. The van der Waals surface area contributed by atoms with Crippen molar-refractivity contribution in [3.8, 4) is 0 Å². The highest BCUT2D eigenvalue weighted by Gasteiger charge is 2.09. The first-order valence-electron chi connectivity index (χ1n) is 7.98. The summed E-state index contributed by atoms with van der Waals surface area (Å²) in [4.78, 5) is 17.6. The predicted octanol–water partition coefficient (Wildman–Crippen LogP) is 4.70. The quantitative estimate of drug-likeness (QED) is 0.632. The van der Waals surface area contributed by atoms with E-state index in [2.05, 4.69) is 15.8 Å². The fourth-order valence-electron chi connectivity index (χ4n) is 2.56. The summed E-state index contributed by atoms with van der Waals surface area (Å²) in [6.45, 7) is 2.85. The molecule has 0 fully saturated rings. The van der Waals surface area contributed by atoms with Crippen molar-refractivity contribution in [3.05, 3.63) is 63.4 Å². The number of amides is 1. The highest BCUT2D eigenvalue weighted by Crippen LogP contribution is 2.22. The third kappa shape index (κ3) is 4.54. The number of hydrogen-bond donors (Lipinski definition) is 0. The maximum absolute atomic E-state index is 12.4. The first-order valence-corrected chi connectivity index (χ1v) is 10.6. The van der Waals surface area contributed by atoms with E-state index in [1.54, 1.807) is 11.8 Å². The van der Waals surface area contributed by atoms with Crippen molar-refractivity contribution in [1.29, 1.82) is 0 Å². The van der Waals surface area contributed by atoms with Gasteiger partial charge >= 0.3 is 0 Å². The lowest BCUT2D eigenvalue weighted by Crippen LogP contribution is -2.18. The smallest absolute Gasteiger partial charge is 0.252 e. The molecule has 1 heterocycles. The van der Waals surface area contributed by atoms with Gasteiger partial charge in [-0.15, -0.1) is 0 Å². The normalized spacial score (nSPS) is 12.0. The lowest BCUT2D eigenvalue weighted by molar-refractivity contribution is -0.117. The summed E-state index contributed by atoms with van der Waals surface area (Å²) in [5, 5.41) is 0.697. The Labute approximate surface area is 160 Å². The number of halogens is 1. The second-order valence-corrected chi connectivity index (χ2v) is 8.24. The first kappa shape index (κ1) is 18.2. The maximum Gasteiger partial charge on any atom is 0.252 e. The van der Waals surface area contributed by atoms with Gasteiger partial charge in [0.25, 0.3) is 5.91 Å².